The lowest BCUT2D eigenvalue weighted by Crippen LogP contribution is -2.57. The zero-order valence-electron chi connectivity index (χ0n) is 16.8. The molecule has 3 rings (SSSR count). The van der Waals surface area contributed by atoms with E-state index in [0.717, 1.165) is 0 Å². The Morgan fingerprint density at radius 3 is 2.52 bits per heavy atom. The number of carbonyl (C=O) groups is 2. The maximum Gasteiger partial charge on any atom is 0.258 e. The number of hydrogen-bond acceptors (Lipinski definition) is 4. The normalized spacial score (nSPS) is 16.2. The number of rotatable bonds is 5. The summed E-state index contributed by atoms with van der Waals surface area (Å²) in [7, 11) is 1.44. The molecular formula is C22H21Cl3N2O4. The van der Waals surface area contributed by atoms with Crippen molar-refractivity contribution in [3.63, 3.8) is 0 Å². The molecule has 1 aliphatic heterocycles. The van der Waals surface area contributed by atoms with Crippen molar-refractivity contribution in [2.75, 3.05) is 33.4 Å². The molecule has 2 aromatic carbocycles. The van der Waals surface area contributed by atoms with Crippen LogP contribution in [-0.4, -0.2) is 66.1 Å². The molecule has 2 aromatic rings. The summed E-state index contributed by atoms with van der Waals surface area (Å²) in [4.78, 5) is 28.5. The van der Waals surface area contributed by atoms with Crippen molar-refractivity contribution >= 4 is 46.6 Å². The zero-order chi connectivity index (χ0) is 22.7. The van der Waals surface area contributed by atoms with Gasteiger partial charge in [-0.2, -0.15) is 0 Å². The Kier molecular flexibility index (Phi) is 7.49. The van der Waals surface area contributed by atoms with Gasteiger partial charge in [0.2, 0.25) is 5.91 Å². The summed E-state index contributed by atoms with van der Waals surface area (Å²) in [5.74, 6) is -0.302. The van der Waals surface area contributed by atoms with Crippen molar-refractivity contribution in [1.29, 1.82) is 0 Å². The molecule has 31 heavy (non-hydrogen) atoms. The quantitative estimate of drug-likeness (QED) is 0.649. The topological polar surface area (TPSA) is 70.1 Å². The molecule has 0 aromatic heterocycles. The smallest absolute Gasteiger partial charge is 0.258 e. The maximum absolute atomic E-state index is 13.5. The van der Waals surface area contributed by atoms with Gasteiger partial charge in [-0.1, -0.05) is 41.4 Å². The van der Waals surface area contributed by atoms with Crippen LogP contribution in [0, 0.1) is 0 Å². The number of amides is 2. The molecule has 0 saturated carbocycles. The Hall–Kier alpha value is -2.25. The number of ether oxygens (including phenoxy) is 1. The highest BCUT2D eigenvalue weighted by molar-refractivity contribution is 6.38. The fourth-order valence-corrected chi connectivity index (χ4v) is 4.21. The van der Waals surface area contributed by atoms with Gasteiger partial charge in [-0.15, -0.1) is 0 Å². The van der Waals surface area contributed by atoms with E-state index in [9.17, 15) is 14.7 Å². The molecular weight excluding hydrogens is 463 g/mol. The standard InChI is InChI=1S/C22H21Cl3N2O4/c1-3-21(29)26-6-7-27(14(11-26)12-28)22(30)17-9-16(19(25)10-20(17)31-2)15-8-13(23)4-5-18(15)24/h3-5,8-10,14,28H,1,6-7,11-12H2,2H3. The molecule has 0 spiro atoms. The van der Waals surface area contributed by atoms with Crippen LogP contribution in [0.15, 0.2) is 43.0 Å². The van der Waals surface area contributed by atoms with Crippen LogP contribution >= 0.6 is 34.8 Å². The van der Waals surface area contributed by atoms with Crippen LogP contribution in [-0.2, 0) is 4.79 Å². The highest BCUT2D eigenvalue weighted by Gasteiger charge is 2.33. The Bertz CT molecular complexity index is 1030. The molecule has 0 aliphatic carbocycles. The van der Waals surface area contributed by atoms with Gasteiger partial charge in [0.1, 0.15) is 5.75 Å². The first-order valence-electron chi connectivity index (χ1n) is 9.46. The third-order valence-corrected chi connectivity index (χ3v) is 6.06. The Labute approximate surface area is 195 Å². The van der Waals surface area contributed by atoms with E-state index in [1.165, 1.54) is 18.1 Å². The van der Waals surface area contributed by atoms with E-state index in [1.807, 2.05) is 0 Å². The molecule has 0 bridgehead atoms. The number of carbonyl (C=O) groups excluding carboxylic acids is 2. The third kappa shape index (κ3) is 4.83. The predicted molar refractivity (Wildman–Crippen MR) is 122 cm³/mol. The minimum atomic E-state index is -0.566. The number of benzene rings is 2. The summed E-state index contributed by atoms with van der Waals surface area (Å²) in [5, 5.41) is 11.1. The lowest BCUT2D eigenvalue weighted by Gasteiger charge is -2.40. The summed E-state index contributed by atoms with van der Waals surface area (Å²) in [6, 6.07) is 7.57. The summed E-state index contributed by atoms with van der Waals surface area (Å²) in [6.07, 6.45) is 1.22. The molecule has 1 atom stereocenters. The van der Waals surface area contributed by atoms with E-state index in [1.54, 1.807) is 35.2 Å². The number of piperazine rings is 1. The van der Waals surface area contributed by atoms with Gasteiger partial charge < -0.3 is 19.6 Å². The summed E-state index contributed by atoms with van der Waals surface area (Å²) < 4.78 is 5.40. The molecule has 9 heteroatoms. The second-order valence-electron chi connectivity index (χ2n) is 6.98. The molecule has 1 fully saturated rings. The number of aliphatic hydroxyl groups excluding tert-OH is 1. The first-order chi connectivity index (χ1) is 14.8. The lowest BCUT2D eigenvalue weighted by molar-refractivity contribution is -0.128. The van der Waals surface area contributed by atoms with E-state index >= 15 is 0 Å². The van der Waals surface area contributed by atoms with Crippen LogP contribution in [0.3, 0.4) is 0 Å². The minimum absolute atomic E-state index is 0.204. The van der Waals surface area contributed by atoms with Gasteiger partial charge in [0.05, 0.1) is 30.3 Å². The monoisotopic (exact) mass is 482 g/mol. The van der Waals surface area contributed by atoms with Crippen molar-refractivity contribution in [2.24, 2.45) is 0 Å². The molecule has 164 valence electrons. The average molecular weight is 484 g/mol. The molecule has 6 nitrogen and oxygen atoms in total. The first-order valence-corrected chi connectivity index (χ1v) is 10.6. The van der Waals surface area contributed by atoms with Crippen molar-refractivity contribution in [1.82, 2.24) is 9.80 Å². The number of hydrogen-bond donors (Lipinski definition) is 1. The van der Waals surface area contributed by atoms with Crippen molar-refractivity contribution in [2.45, 2.75) is 6.04 Å². The van der Waals surface area contributed by atoms with Crippen molar-refractivity contribution in [3.05, 3.63) is 63.6 Å². The van der Waals surface area contributed by atoms with Crippen molar-refractivity contribution in [3.8, 4) is 16.9 Å². The first kappa shape index (κ1) is 23.4. The Morgan fingerprint density at radius 2 is 1.87 bits per heavy atom. The fraction of sp³-hybridized carbons (Fsp3) is 0.273. The number of halogens is 3. The number of methoxy groups -OCH3 is 1. The average Bonchev–Trinajstić information content (AvgIpc) is 2.79. The lowest BCUT2D eigenvalue weighted by atomic mass is 10.0. The van der Waals surface area contributed by atoms with Gasteiger partial charge in [0, 0.05) is 46.9 Å². The van der Waals surface area contributed by atoms with E-state index in [2.05, 4.69) is 6.58 Å². The SMILES string of the molecule is C=CC(=O)N1CCN(C(=O)c2cc(-c3cc(Cl)ccc3Cl)c(Cl)cc2OC)C(CO)C1. The van der Waals surface area contributed by atoms with Crippen LogP contribution in [0.1, 0.15) is 10.4 Å². The second-order valence-corrected chi connectivity index (χ2v) is 8.23. The maximum atomic E-state index is 13.5. The summed E-state index contributed by atoms with van der Waals surface area (Å²) in [6.45, 7) is 3.98. The van der Waals surface area contributed by atoms with E-state index in [0.29, 0.717) is 32.7 Å². The Morgan fingerprint density at radius 1 is 1.16 bits per heavy atom. The van der Waals surface area contributed by atoms with E-state index in [4.69, 9.17) is 39.5 Å². The van der Waals surface area contributed by atoms with Crippen LogP contribution in [0.5, 0.6) is 5.75 Å². The molecule has 1 unspecified atom stereocenters. The minimum Gasteiger partial charge on any atom is -0.496 e. The zero-order valence-corrected chi connectivity index (χ0v) is 19.0. The van der Waals surface area contributed by atoms with Crippen LogP contribution < -0.4 is 4.74 Å². The van der Waals surface area contributed by atoms with E-state index < -0.39 is 6.04 Å². The number of aliphatic hydroxyl groups is 1. The molecule has 1 N–H and O–H groups in total. The fourth-order valence-electron chi connectivity index (χ4n) is 3.56. The van der Waals surface area contributed by atoms with Crippen LogP contribution in [0.4, 0.5) is 0 Å². The Balaban J connectivity index is 2.01. The molecule has 1 heterocycles. The van der Waals surface area contributed by atoms with Gasteiger partial charge in [-0.05, 0) is 30.3 Å². The van der Waals surface area contributed by atoms with Gasteiger partial charge in [-0.3, -0.25) is 9.59 Å². The largest absolute Gasteiger partial charge is 0.496 e. The third-order valence-electron chi connectivity index (χ3n) is 5.18. The second kappa shape index (κ2) is 9.92. The molecule has 2 amide bonds. The van der Waals surface area contributed by atoms with Gasteiger partial charge >= 0.3 is 0 Å². The number of nitrogens with zero attached hydrogens (tertiary/aromatic N) is 2. The van der Waals surface area contributed by atoms with Crippen LogP contribution in [0.25, 0.3) is 11.1 Å². The van der Waals surface area contributed by atoms with Crippen LogP contribution in [0.2, 0.25) is 15.1 Å². The predicted octanol–water partition coefficient (Wildman–Crippen LogP) is 4.15. The highest BCUT2D eigenvalue weighted by atomic mass is 35.5. The van der Waals surface area contributed by atoms with Gasteiger partial charge in [-0.25, -0.2) is 0 Å². The summed E-state index contributed by atoms with van der Waals surface area (Å²) >= 11 is 18.9. The molecule has 0 radical (unpaired) electrons. The van der Waals surface area contributed by atoms with Crippen molar-refractivity contribution < 1.29 is 19.4 Å². The van der Waals surface area contributed by atoms with Gasteiger partial charge in [0.25, 0.3) is 5.91 Å². The van der Waals surface area contributed by atoms with E-state index in [-0.39, 0.29) is 42.8 Å². The molecule has 1 saturated heterocycles. The highest BCUT2D eigenvalue weighted by Crippen LogP contribution is 2.39. The summed E-state index contributed by atoms with van der Waals surface area (Å²) in [5.41, 5.74) is 1.37. The van der Waals surface area contributed by atoms with Gasteiger partial charge in [0.15, 0.2) is 0 Å². The molecule has 1 aliphatic rings.